The molecule has 0 aliphatic carbocycles. The van der Waals surface area contributed by atoms with Gasteiger partial charge in [-0.1, -0.05) is 11.6 Å². The Morgan fingerprint density at radius 3 is 2.59 bits per heavy atom. The summed E-state index contributed by atoms with van der Waals surface area (Å²) in [5.74, 6) is 0. The predicted molar refractivity (Wildman–Crippen MR) is 65.4 cm³/mol. The van der Waals surface area contributed by atoms with Gasteiger partial charge in [-0.25, -0.2) is 8.42 Å². The summed E-state index contributed by atoms with van der Waals surface area (Å²) in [4.78, 5) is 0.0565. The van der Waals surface area contributed by atoms with Gasteiger partial charge in [0.2, 0.25) is 10.0 Å². The van der Waals surface area contributed by atoms with Crippen LogP contribution in [-0.2, 0) is 14.8 Å². The van der Waals surface area contributed by atoms with E-state index in [0.717, 1.165) is 0 Å². The number of morpholine rings is 1. The monoisotopic (exact) mass is 276 g/mol. The highest BCUT2D eigenvalue weighted by Crippen LogP contribution is 2.27. The Morgan fingerprint density at radius 2 is 1.94 bits per heavy atom. The van der Waals surface area contributed by atoms with E-state index in [-0.39, 0.29) is 9.92 Å². The molecule has 0 amide bonds. The number of hydrogen-bond donors (Lipinski definition) is 1. The third-order valence-corrected chi connectivity index (χ3v) is 4.92. The van der Waals surface area contributed by atoms with Crippen LogP contribution in [0.1, 0.15) is 0 Å². The molecule has 1 aromatic carbocycles. The highest BCUT2D eigenvalue weighted by molar-refractivity contribution is 7.89. The fraction of sp³-hybridized carbons (Fsp3) is 0.400. The lowest BCUT2D eigenvalue weighted by atomic mass is 10.3. The summed E-state index contributed by atoms with van der Waals surface area (Å²) in [6.45, 7) is 1.49. The minimum atomic E-state index is -3.57. The number of nitrogens with zero attached hydrogens (tertiary/aromatic N) is 1. The molecule has 0 atom stereocenters. The van der Waals surface area contributed by atoms with Gasteiger partial charge in [-0.3, -0.25) is 0 Å². The number of rotatable bonds is 2. The molecule has 0 bridgehead atoms. The molecule has 1 fully saturated rings. The van der Waals surface area contributed by atoms with E-state index in [1.165, 1.54) is 16.4 Å². The van der Waals surface area contributed by atoms with Crippen LogP contribution in [0.25, 0.3) is 0 Å². The maximum Gasteiger partial charge on any atom is 0.244 e. The van der Waals surface area contributed by atoms with Gasteiger partial charge in [0.25, 0.3) is 0 Å². The zero-order valence-electron chi connectivity index (χ0n) is 9.10. The molecule has 1 aromatic rings. The number of hydrogen-bond acceptors (Lipinski definition) is 4. The van der Waals surface area contributed by atoms with Crippen LogP contribution in [0.5, 0.6) is 0 Å². The first kappa shape index (κ1) is 12.6. The number of nitrogens with two attached hydrogens (primary N) is 1. The van der Waals surface area contributed by atoms with Gasteiger partial charge in [-0.2, -0.15) is 4.31 Å². The first-order valence-electron chi connectivity index (χ1n) is 5.15. The maximum atomic E-state index is 12.3. The Morgan fingerprint density at radius 1 is 1.29 bits per heavy atom. The zero-order chi connectivity index (χ0) is 12.5. The molecule has 17 heavy (non-hydrogen) atoms. The van der Waals surface area contributed by atoms with Crippen molar-refractivity contribution in [2.45, 2.75) is 4.90 Å². The van der Waals surface area contributed by atoms with Crippen LogP contribution in [0.2, 0.25) is 5.02 Å². The minimum absolute atomic E-state index is 0.0565. The summed E-state index contributed by atoms with van der Waals surface area (Å²) in [5.41, 5.74) is 5.96. The summed E-state index contributed by atoms with van der Waals surface area (Å²) in [6, 6.07) is 4.44. The van der Waals surface area contributed by atoms with Crippen LogP contribution in [0, 0.1) is 0 Å². The summed E-state index contributed by atoms with van der Waals surface area (Å²) >= 11 is 5.91. The molecule has 0 spiro atoms. The molecule has 2 N–H and O–H groups in total. The molecule has 1 aliphatic heterocycles. The number of benzene rings is 1. The van der Waals surface area contributed by atoms with Gasteiger partial charge in [0.15, 0.2) is 0 Å². The van der Waals surface area contributed by atoms with Crippen molar-refractivity contribution < 1.29 is 13.2 Å². The molecule has 0 saturated carbocycles. The van der Waals surface area contributed by atoms with Crippen LogP contribution < -0.4 is 5.73 Å². The quantitative estimate of drug-likeness (QED) is 0.816. The van der Waals surface area contributed by atoms with Crippen molar-refractivity contribution in [2.24, 2.45) is 0 Å². The molecule has 1 saturated heterocycles. The highest BCUT2D eigenvalue weighted by Gasteiger charge is 2.28. The van der Waals surface area contributed by atoms with E-state index in [2.05, 4.69) is 0 Å². The van der Waals surface area contributed by atoms with E-state index >= 15 is 0 Å². The number of nitrogen functional groups attached to an aromatic ring is 1. The molecular weight excluding hydrogens is 264 g/mol. The van der Waals surface area contributed by atoms with Crippen molar-refractivity contribution in [2.75, 3.05) is 32.0 Å². The summed E-state index contributed by atoms with van der Waals surface area (Å²) in [6.07, 6.45) is 0. The Kier molecular flexibility index (Phi) is 3.58. The highest BCUT2D eigenvalue weighted by atomic mass is 35.5. The number of sulfonamides is 1. The van der Waals surface area contributed by atoms with Gasteiger partial charge < -0.3 is 10.5 Å². The van der Waals surface area contributed by atoms with Gasteiger partial charge in [-0.15, -0.1) is 0 Å². The molecule has 0 aromatic heterocycles. The molecule has 1 heterocycles. The Bertz CT molecular complexity index is 512. The van der Waals surface area contributed by atoms with E-state index < -0.39 is 10.0 Å². The lowest BCUT2D eigenvalue weighted by Gasteiger charge is -2.26. The van der Waals surface area contributed by atoms with Crippen molar-refractivity contribution >= 4 is 27.3 Å². The lowest BCUT2D eigenvalue weighted by molar-refractivity contribution is 0.0730. The molecule has 1 aliphatic rings. The van der Waals surface area contributed by atoms with E-state index in [0.29, 0.717) is 32.0 Å². The molecule has 5 nitrogen and oxygen atoms in total. The standard InChI is InChI=1S/C10H13ClN2O3S/c11-9-2-1-8(12)7-10(9)17(14,15)13-3-5-16-6-4-13/h1-2,7H,3-6,12H2. The molecule has 94 valence electrons. The molecule has 0 radical (unpaired) electrons. The van der Waals surface area contributed by atoms with Crippen LogP contribution in [0.15, 0.2) is 23.1 Å². The Balaban J connectivity index is 2.40. The van der Waals surface area contributed by atoms with Crippen molar-refractivity contribution in [3.63, 3.8) is 0 Å². The molecule has 7 heteroatoms. The predicted octanol–water partition coefficient (Wildman–Crippen LogP) is 0.943. The van der Waals surface area contributed by atoms with Crippen LogP contribution in [0.4, 0.5) is 5.69 Å². The number of ether oxygens (including phenoxy) is 1. The summed E-state index contributed by atoms with van der Waals surface area (Å²) in [5, 5.41) is 0.186. The summed E-state index contributed by atoms with van der Waals surface area (Å²) < 4.78 is 31.1. The van der Waals surface area contributed by atoms with Crippen LogP contribution in [-0.4, -0.2) is 39.0 Å². The third-order valence-electron chi connectivity index (χ3n) is 2.54. The van der Waals surface area contributed by atoms with Crippen molar-refractivity contribution in [1.29, 1.82) is 0 Å². The largest absolute Gasteiger partial charge is 0.399 e. The second-order valence-corrected chi connectivity index (χ2v) is 6.02. The van der Waals surface area contributed by atoms with Crippen LogP contribution >= 0.6 is 11.6 Å². The van der Waals surface area contributed by atoms with Crippen molar-refractivity contribution in [3.8, 4) is 0 Å². The Labute approximate surface area is 105 Å². The SMILES string of the molecule is Nc1ccc(Cl)c(S(=O)(=O)N2CCOCC2)c1. The fourth-order valence-electron chi connectivity index (χ4n) is 1.64. The smallest absolute Gasteiger partial charge is 0.244 e. The van der Waals surface area contributed by atoms with Gasteiger partial charge in [-0.05, 0) is 18.2 Å². The van der Waals surface area contributed by atoms with Gasteiger partial charge >= 0.3 is 0 Å². The second-order valence-electron chi connectivity index (χ2n) is 3.71. The Hall–Kier alpha value is -0.820. The third kappa shape index (κ3) is 2.55. The lowest BCUT2D eigenvalue weighted by Crippen LogP contribution is -2.40. The van der Waals surface area contributed by atoms with Gasteiger partial charge in [0.1, 0.15) is 4.90 Å². The molecule has 0 unspecified atom stereocenters. The van der Waals surface area contributed by atoms with Gasteiger partial charge in [0, 0.05) is 18.8 Å². The summed E-state index contributed by atoms with van der Waals surface area (Å²) in [7, 11) is -3.57. The molecular formula is C10H13ClN2O3S. The minimum Gasteiger partial charge on any atom is -0.399 e. The first-order valence-corrected chi connectivity index (χ1v) is 6.96. The van der Waals surface area contributed by atoms with Crippen molar-refractivity contribution in [3.05, 3.63) is 23.2 Å². The average Bonchev–Trinajstić information content (AvgIpc) is 2.33. The second kappa shape index (κ2) is 4.81. The maximum absolute atomic E-state index is 12.3. The van der Waals surface area contributed by atoms with Crippen molar-refractivity contribution in [1.82, 2.24) is 4.31 Å². The first-order chi connectivity index (χ1) is 8.01. The number of halogens is 1. The fourth-order valence-corrected chi connectivity index (χ4v) is 3.56. The number of anilines is 1. The van der Waals surface area contributed by atoms with E-state index in [4.69, 9.17) is 22.1 Å². The normalized spacial score (nSPS) is 18.2. The van der Waals surface area contributed by atoms with E-state index in [1.807, 2.05) is 0 Å². The van der Waals surface area contributed by atoms with E-state index in [1.54, 1.807) is 6.07 Å². The topological polar surface area (TPSA) is 72.6 Å². The van der Waals surface area contributed by atoms with Crippen LogP contribution in [0.3, 0.4) is 0 Å². The van der Waals surface area contributed by atoms with Gasteiger partial charge in [0.05, 0.1) is 18.2 Å². The molecule has 2 rings (SSSR count). The van der Waals surface area contributed by atoms with E-state index in [9.17, 15) is 8.42 Å². The zero-order valence-corrected chi connectivity index (χ0v) is 10.7. The average molecular weight is 277 g/mol.